The first-order valence-electron chi connectivity index (χ1n) is 11.7. The predicted molar refractivity (Wildman–Crippen MR) is 126 cm³/mol. The van der Waals surface area contributed by atoms with Crippen LogP contribution in [0.25, 0.3) is 0 Å². The number of hydrogen-bond acceptors (Lipinski definition) is 1. The van der Waals surface area contributed by atoms with Gasteiger partial charge >= 0.3 is 0 Å². The number of halogens is 1. The van der Waals surface area contributed by atoms with Crippen LogP contribution in [-0.4, -0.2) is 7.11 Å². The van der Waals surface area contributed by atoms with E-state index < -0.39 is 0 Å². The lowest BCUT2D eigenvalue weighted by Crippen LogP contribution is -2.30. The molecular weight excluding hydrogens is 383 g/mol. The van der Waals surface area contributed by atoms with E-state index >= 15 is 0 Å². The van der Waals surface area contributed by atoms with Crippen molar-refractivity contribution in [3.05, 3.63) is 77.6 Å². The Labute approximate surface area is 186 Å². The van der Waals surface area contributed by atoms with E-state index in [1.807, 2.05) is 0 Å². The zero-order valence-corrected chi connectivity index (χ0v) is 18.6. The lowest BCUT2D eigenvalue weighted by molar-refractivity contribution is 0.115. The van der Waals surface area contributed by atoms with Crippen LogP contribution in [0, 0.1) is 35.4 Å². The SMILES string of the molecule is C=CCCC1CCC2CC(c3ccc(C#Cc4ccc(OC)c(F)c4)cc3)CCC2C1. The van der Waals surface area contributed by atoms with E-state index in [4.69, 9.17) is 4.74 Å². The van der Waals surface area contributed by atoms with Crippen LogP contribution in [0.15, 0.2) is 55.1 Å². The smallest absolute Gasteiger partial charge is 0.166 e. The highest BCUT2D eigenvalue weighted by Crippen LogP contribution is 2.48. The van der Waals surface area contributed by atoms with Crippen molar-refractivity contribution in [3.8, 4) is 17.6 Å². The minimum absolute atomic E-state index is 0.245. The standard InChI is InChI=1S/C29H33FO/c1-3-4-5-22-10-14-27-20-26(16-15-25(27)18-22)24-12-8-21(9-13-24)6-7-23-11-17-29(31-2)28(30)19-23/h3,8-9,11-13,17,19,22,25-27H,1,4-5,10,14-16,18,20H2,2H3. The van der Waals surface area contributed by atoms with Gasteiger partial charge in [0.25, 0.3) is 0 Å². The highest BCUT2D eigenvalue weighted by atomic mass is 19.1. The van der Waals surface area contributed by atoms with Crippen molar-refractivity contribution in [2.45, 2.75) is 57.3 Å². The number of fused-ring (bicyclic) bond motifs is 1. The van der Waals surface area contributed by atoms with Gasteiger partial charge in [-0.15, -0.1) is 6.58 Å². The molecule has 2 saturated carbocycles. The number of methoxy groups -OCH3 is 1. The van der Waals surface area contributed by atoms with Crippen molar-refractivity contribution in [1.29, 1.82) is 0 Å². The molecule has 2 aromatic rings. The first-order valence-corrected chi connectivity index (χ1v) is 11.7. The van der Waals surface area contributed by atoms with E-state index in [2.05, 4.69) is 48.8 Å². The number of benzene rings is 2. The van der Waals surface area contributed by atoms with Crippen LogP contribution in [0.5, 0.6) is 5.75 Å². The summed E-state index contributed by atoms with van der Waals surface area (Å²) in [6.07, 6.45) is 12.9. The third-order valence-corrected chi connectivity index (χ3v) is 7.39. The summed E-state index contributed by atoms with van der Waals surface area (Å²) in [5, 5.41) is 0. The van der Waals surface area contributed by atoms with Gasteiger partial charge in [-0.25, -0.2) is 4.39 Å². The van der Waals surface area contributed by atoms with Crippen molar-refractivity contribution in [3.63, 3.8) is 0 Å². The number of rotatable bonds is 5. The predicted octanol–water partition coefficient (Wildman–Crippen LogP) is 7.50. The molecule has 0 radical (unpaired) electrons. The van der Waals surface area contributed by atoms with E-state index in [1.54, 1.807) is 12.1 Å². The maximum absolute atomic E-state index is 13.8. The van der Waals surface area contributed by atoms with Gasteiger partial charge in [0.15, 0.2) is 11.6 Å². The van der Waals surface area contributed by atoms with Crippen LogP contribution >= 0.6 is 0 Å². The topological polar surface area (TPSA) is 9.23 Å². The van der Waals surface area contributed by atoms with Gasteiger partial charge in [-0.1, -0.05) is 36.5 Å². The van der Waals surface area contributed by atoms with Crippen molar-refractivity contribution >= 4 is 0 Å². The Morgan fingerprint density at radius 3 is 2.42 bits per heavy atom. The zero-order chi connectivity index (χ0) is 21.6. The second kappa shape index (κ2) is 10.2. The van der Waals surface area contributed by atoms with Crippen LogP contribution in [0.1, 0.15) is 74.0 Å². The molecule has 2 aliphatic rings. The molecule has 0 amide bonds. The molecule has 4 rings (SSSR count). The molecule has 4 atom stereocenters. The highest BCUT2D eigenvalue weighted by molar-refractivity contribution is 5.45. The molecule has 31 heavy (non-hydrogen) atoms. The first kappa shape index (κ1) is 21.7. The van der Waals surface area contributed by atoms with E-state index in [-0.39, 0.29) is 11.6 Å². The molecule has 1 nitrogen and oxygen atoms in total. The third kappa shape index (κ3) is 5.40. The van der Waals surface area contributed by atoms with Gasteiger partial charge < -0.3 is 4.74 Å². The molecule has 0 spiro atoms. The fourth-order valence-electron chi connectivity index (χ4n) is 5.63. The molecule has 2 heteroatoms. The Morgan fingerprint density at radius 2 is 1.68 bits per heavy atom. The van der Waals surface area contributed by atoms with E-state index in [0.717, 1.165) is 23.3 Å². The molecule has 0 bridgehead atoms. The Morgan fingerprint density at radius 1 is 0.968 bits per heavy atom. The van der Waals surface area contributed by atoms with Gasteiger partial charge in [-0.2, -0.15) is 0 Å². The van der Waals surface area contributed by atoms with Gasteiger partial charge in [-0.05, 0) is 105 Å². The molecule has 0 saturated heterocycles. The fraction of sp³-hybridized carbons (Fsp3) is 0.448. The van der Waals surface area contributed by atoms with Crippen LogP contribution in [0.4, 0.5) is 4.39 Å². The largest absolute Gasteiger partial charge is 0.494 e. The molecule has 0 heterocycles. The van der Waals surface area contributed by atoms with Crippen molar-refractivity contribution in [1.82, 2.24) is 0 Å². The summed E-state index contributed by atoms with van der Waals surface area (Å²) in [5.74, 6) is 9.53. The zero-order valence-electron chi connectivity index (χ0n) is 18.6. The van der Waals surface area contributed by atoms with Crippen molar-refractivity contribution in [2.24, 2.45) is 17.8 Å². The summed E-state index contributed by atoms with van der Waals surface area (Å²) in [7, 11) is 1.47. The molecule has 2 aromatic carbocycles. The molecule has 162 valence electrons. The summed E-state index contributed by atoms with van der Waals surface area (Å²) in [5.41, 5.74) is 3.08. The number of hydrogen-bond donors (Lipinski definition) is 0. The summed E-state index contributed by atoms with van der Waals surface area (Å²) in [6, 6.07) is 13.5. The average Bonchev–Trinajstić information content (AvgIpc) is 2.81. The van der Waals surface area contributed by atoms with Crippen LogP contribution in [0.2, 0.25) is 0 Å². The van der Waals surface area contributed by atoms with Gasteiger partial charge in [0.2, 0.25) is 0 Å². The maximum atomic E-state index is 13.8. The van der Waals surface area contributed by atoms with E-state index in [1.165, 1.54) is 70.1 Å². The normalized spacial score (nSPS) is 25.1. The summed E-state index contributed by atoms with van der Waals surface area (Å²) in [4.78, 5) is 0. The van der Waals surface area contributed by atoms with Crippen molar-refractivity contribution < 1.29 is 9.13 Å². The molecular formula is C29H33FO. The second-order valence-electron chi connectivity index (χ2n) is 9.30. The van der Waals surface area contributed by atoms with Crippen LogP contribution in [-0.2, 0) is 0 Å². The lowest BCUT2D eigenvalue weighted by atomic mass is 9.63. The van der Waals surface area contributed by atoms with Gasteiger partial charge in [-0.3, -0.25) is 0 Å². The number of ether oxygens (including phenoxy) is 1. The maximum Gasteiger partial charge on any atom is 0.166 e. The van der Waals surface area contributed by atoms with Crippen LogP contribution < -0.4 is 4.74 Å². The average molecular weight is 417 g/mol. The molecule has 2 fully saturated rings. The first-order chi connectivity index (χ1) is 15.2. The van der Waals surface area contributed by atoms with Crippen molar-refractivity contribution in [2.75, 3.05) is 7.11 Å². The highest BCUT2D eigenvalue weighted by Gasteiger charge is 2.35. The van der Waals surface area contributed by atoms with Gasteiger partial charge in [0.1, 0.15) is 0 Å². The van der Waals surface area contributed by atoms with E-state index in [0.29, 0.717) is 11.5 Å². The molecule has 2 aliphatic carbocycles. The summed E-state index contributed by atoms with van der Waals surface area (Å²) in [6.45, 7) is 3.88. The Balaban J connectivity index is 1.35. The quantitative estimate of drug-likeness (QED) is 0.362. The molecule has 0 aliphatic heterocycles. The summed E-state index contributed by atoms with van der Waals surface area (Å²) < 4.78 is 18.8. The third-order valence-electron chi connectivity index (χ3n) is 7.39. The monoisotopic (exact) mass is 416 g/mol. The fourth-order valence-corrected chi connectivity index (χ4v) is 5.63. The lowest BCUT2D eigenvalue weighted by Gasteiger charge is -2.42. The minimum atomic E-state index is -0.380. The molecule has 0 aromatic heterocycles. The molecule has 4 unspecified atom stereocenters. The number of allylic oxidation sites excluding steroid dienone is 1. The Kier molecular flexibility index (Phi) is 7.13. The Bertz CT molecular complexity index is 949. The second-order valence-corrected chi connectivity index (χ2v) is 9.30. The minimum Gasteiger partial charge on any atom is -0.494 e. The van der Waals surface area contributed by atoms with Crippen LogP contribution in [0.3, 0.4) is 0 Å². The Hall–Kier alpha value is -2.53. The van der Waals surface area contributed by atoms with Gasteiger partial charge in [0, 0.05) is 11.1 Å². The molecule has 0 N–H and O–H groups in total. The summed E-state index contributed by atoms with van der Waals surface area (Å²) >= 11 is 0. The van der Waals surface area contributed by atoms with Gasteiger partial charge in [0.05, 0.1) is 7.11 Å². The van der Waals surface area contributed by atoms with E-state index in [9.17, 15) is 4.39 Å².